The quantitative estimate of drug-likeness (QED) is 0.403. The van der Waals surface area contributed by atoms with Crippen molar-refractivity contribution in [2.75, 3.05) is 11.5 Å². The standard InChI is InChI=1S/C16H15N5O4S3/c17-2-1-3-26-8-11(22)20-12-14(23)21-13(16(24)25)10(7-28-15(12)21)27-6-9-4-18-19-5-9/h1,3-5,12,15H,6-8H2,(H,18,19)(H,20,22)(H,24,25)/b3-1+/t12-,15-/m1/s1. The molecule has 2 amide bonds. The first-order valence-electron chi connectivity index (χ1n) is 8.00. The number of aromatic amines is 1. The van der Waals surface area contributed by atoms with Crippen LogP contribution in [0.15, 0.2) is 34.5 Å². The zero-order chi connectivity index (χ0) is 20.1. The van der Waals surface area contributed by atoms with Crippen molar-refractivity contribution in [3.63, 3.8) is 0 Å². The Bertz CT molecular complexity index is 877. The van der Waals surface area contributed by atoms with Gasteiger partial charge in [0.05, 0.1) is 18.0 Å². The number of rotatable bonds is 8. The van der Waals surface area contributed by atoms with Crippen molar-refractivity contribution < 1.29 is 19.5 Å². The monoisotopic (exact) mass is 437 g/mol. The Morgan fingerprint density at radius 2 is 2.39 bits per heavy atom. The fourth-order valence-electron chi connectivity index (χ4n) is 2.65. The third-order valence-corrected chi connectivity index (χ3v) is 7.26. The van der Waals surface area contributed by atoms with Crippen molar-refractivity contribution in [2.24, 2.45) is 0 Å². The molecule has 0 aromatic carbocycles. The first-order valence-corrected chi connectivity index (χ1v) is 11.1. The zero-order valence-electron chi connectivity index (χ0n) is 14.3. The second-order valence-corrected chi connectivity index (χ2v) is 8.74. The third-order valence-electron chi connectivity index (χ3n) is 3.87. The number of aliphatic carboxylic acids is 1. The van der Waals surface area contributed by atoms with Crippen LogP contribution in [0.3, 0.4) is 0 Å². The fraction of sp³-hybridized carbons (Fsp3) is 0.312. The molecule has 1 fully saturated rings. The van der Waals surface area contributed by atoms with Gasteiger partial charge in [-0.3, -0.25) is 19.6 Å². The van der Waals surface area contributed by atoms with Crippen LogP contribution in [-0.4, -0.2) is 60.9 Å². The minimum absolute atomic E-state index is 0.0147. The lowest BCUT2D eigenvalue weighted by Gasteiger charge is -2.49. The molecule has 2 atom stereocenters. The molecule has 0 radical (unpaired) electrons. The Balaban J connectivity index is 1.64. The van der Waals surface area contributed by atoms with E-state index in [9.17, 15) is 19.5 Å². The van der Waals surface area contributed by atoms with Crippen LogP contribution in [0, 0.1) is 11.3 Å². The van der Waals surface area contributed by atoms with Gasteiger partial charge in [-0.05, 0) is 5.41 Å². The number of amides is 2. The lowest BCUT2D eigenvalue weighted by Crippen LogP contribution is -2.70. The Labute approximate surface area is 173 Å². The number of β-lactam (4-membered cyclic amide) rings is 1. The summed E-state index contributed by atoms with van der Waals surface area (Å²) in [5.41, 5.74) is 0.913. The average Bonchev–Trinajstić information content (AvgIpc) is 3.20. The number of hydrogen-bond donors (Lipinski definition) is 3. The van der Waals surface area contributed by atoms with E-state index in [1.165, 1.54) is 39.9 Å². The molecule has 1 aromatic rings. The summed E-state index contributed by atoms with van der Waals surface area (Å²) >= 11 is 3.93. The van der Waals surface area contributed by atoms with E-state index >= 15 is 0 Å². The first-order chi connectivity index (χ1) is 13.5. The number of aromatic nitrogens is 2. The maximum atomic E-state index is 12.5. The summed E-state index contributed by atoms with van der Waals surface area (Å²) in [4.78, 5) is 38.1. The van der Waals surface area contributed by atoms with Gasteiger partial charge < -0.3 is 10.4 Å². The molecule has 0 unspecified atom stereocenters. The number of hydrogen-bond acceptors (Lipinski definition) is 8. The summed E-state index contributed by atoms with van der Waals surface area (Å²) in [5, 5.41) is 28.3. The molecule has 9 nitrogen and oxygen atoms in total. The molecule has 146 valence electrons. The van der Waals surface area contributed by atoms with Crippen molar-refractivity contribution in [3.8, 4) is 6.07 Å². The smallest absolute Gasteiger partial charge is 0.353 e. The largest absolute Gasteiger partial charge is 0.477 e. The number of fused-ring (bicyclic) bond motifs is 1. The maximum absolute atomic E-state index is 12.5. The number of nitrogens with zero attached hydrogens (tertiary/aromatic N) is 3. The molecule has 0 bridgehead atoms. The SMILES string of the molecule is N#C/C=C/SCC(=O)N[C@@H]1C(=O)N2C(C(=O)O)=C(SCc3cn[nH]c3)CS[C@H]12. The van der Waals surface area contributed by atoms with Crippen LogP contribution in [0.2, 0.25) is 0 Å². The van der Waals surface area contributed by atoms with Crippen molar-refractivity contribution in [3.05, 3.63) is 40.0 Å². The number of thioether (sulfide) groups is 3. The second-order valence-electron chi connectivity index (χ2n) is 5.67. The zero-order valence-corrected chi connectivity index (χ0v) is 16.8. The Kier molecular flexibility index (Phi) is 6.71. The number of carbonyl (C=O) groups is 3. The highest BCUT2D eigenvalue weighted by molar-refractivity contribution is 8.05. The van der Waals surface area contributed by atoms with Gasteiger partial charge in [0.15, 0.2) is 0 Å². The molecule has 3 heterocycles. The van der Waals surface area contributed by atoms with Gasteiger partial charge in [-0.25, -0.2) is 4.79 Å². The predicted octanol–water partition coefficient (Wildman–Crippen LogP) is 1.11. The Morgan fingerprint density at radius 1 is 1.57 bits per heavy atom. The van der Waals surface area contributed by atoms with Crippen molar-refractivity contribution in [1.82, 2.24) is 20.4 Å². The number of carboxylic acids is 1. The highest BCUT2D eigenvalue weighted by atomic mass is 32.2. The number of carbonyl (C=O) groups excluding carboxylic acids is 2. The van der Waals surface area contributed by atoms with Crippen LogP contribution >= 0.6 is 35.3 Å². The van der Waals surface area contributed by atoms with Gasteiger partial charge in [0.25, 0.3) is 5.91 Å². The van der Waals surface area contributed by atoms with E-state index in [1.807, 2.05) is 6.07 Å². The van der Waals surface area contributed by atoms with Gasteiger partial charge in [0.1, 0.15) is 17.1 Å². The summed E-state index contributed by atoms with van der Waals surface area (Å²) in [6, 6.07) is 1.08. The van der Waals surface area contributed by atoms with E-state index in [1.54, 1.807) is 12.4 Å². The van der Waals surface area contributed by atoms with Crippen LogP contribution in [0.5, 0.6) is 0 Å². The first kappa shape index (κ1) is 20.4. The number of allylic oxidation sites excluding steroid dienone is 1. The molecule has 0 saturated carbocycles. The molecule has 12 heteroatoms. The molecule has 3 N–H and O–H groups in total. The van der Waals surface area contributed by atoms with Crippen LogP contribution in [0.25, 0.3) is 0 Å². The van der Waals surface area contributed by atoms with E-state index in [2.05, 4.69) is 15.5 Å². The minimum atomic E-state index is -1.16. The Hall–Kier alpha value is -2.36. The summed E-state index contributed by atoms with van der Waals surface area (Å²) in [6.07, 6.45) is 4.66. The topological polar surface area (TPSA) is 139 Å². The van der Waals surface area contributed by atoms with Gasteiger partial charge in [0.2, 0.25) is 5.91 Å². The number of nitriles is 1. The summed E-state index contributed by atoms with van der Waals surface area (Å²) < 4.78 is 0. The van der Waals surface area contributed by atoms with E-state index < -0.39 is 23.3 Å². The fourth-order valence-corrected chi connectivity index (χ4v) is 5.69. The molecule has 28 heavy (non-hydrogen) atoms. The lowest BCUT2D eigenvalue weighted by molar-refractivity contribution is -0.150. The van der Waals surface area contributed by atoms with Crippen molar-refractivity contribution >= 4 is 53.1 Å². The predicted molar refractivity (Wildman–Crippen MR) is 107 cm³/mol. The van der Waals surface area contributed by atoms with Gasteiger partial charge in [-0.1, -0.05) is 0 Å². The molecule has 0 spiro atoms. The molecular weight excluding hydrogens is 422 g/mol. The molecule has 2 aliphatic heterocycles. The van der Waals surface area contributed by atoms with E-state index in [-0.39, 0.29) is 17.4 Å². The van der Waals surface area contributed by atoms with E-state index in [0.29, 0.717) is 16.4 Å². The molecule has 2 aliphatic rings. The van der Waals surface area contributed by atoms with Crippen LogP contribution < -0.4 is 5.32 Å². The van der Waals surface area contributed by atoms with E-state index in [0.717, 1.165) is 17.3 Å². The highest BCUT2D eigenvalue weighted by Crippen LogP contribution is 2.44. The number of nitrogens with one attached hydrogen (secondary N) is 2. The lowest BCUT2D eigenvalue weighted by atomic mass is 10.1. The average molecular weight is 438 g/mol. The minimum Gasteiger partial charge on any atom is -0.477 e. The van der Waals surface area contributed by atoms with Crippen molar-refractivity contribution in [2.45, 2.75) is 17.2 Å². The Morgan fingerprint density at radius 3 is 3.07 bits per heavy atom. The van der Waals surface area contributed by atoms with Crippen LogP contribution in [0.1, 0.15) is 5.56 Å². The summed E-state index contributed by atoms with van der Waals surface area (Å²) in [6.45, 7) is 0. The van der Waals surface area contributed by atoms with Gasteiger partial charge in [-0.2, -0.15) is 10.4 Å². The molecule has 1 aromatic heterocycles. The molecule has 1 saturated heterocycles. The molecule has 3 rings (SSSR count). The molecular formula is C16H15N5O4S3. The maximum Gasteiger partial charge on any atom is 0.353 e. The van der Waals surface area contributed by atoms with Crippen LogP contribution in [0.4, 0.5) is 0 Å². The van der Waals surface area contributed by atoms with Gasteiger partial charge in [-0.15, -0.1) is 35.3 Å². The number of carboxylic acid groups (broad SMARTS) is 1. The van der Waals surface area contributed by atoms with Gasteiger partial charge in [0, 0.05) is 34.2 Å². The molecule has 0 aliphatic carbocycles. The van der Waals surface area contributed by atoms with E-state index in [4.69, 9.17) is 5.26 Å². The highest BCUT2D eigenvalue weighted by Gasteiger charge is 2.54. The van der Waals surface area contributed by atoms with Crippen molar-refractivity contribution in [1.29, 1.82) is 5.26 Å². The number of H-pyrrole nitrogens is 1. The third kappa shape index (κ3) is 4.37. The normalized spacial score (nSPS) is 21.2. The summed E-state index contributed by atoms with van der Waals surface area (Å²) in [5.74, 6) is -0.856. The van der Waals surface area contributed by atoms with Crippen LogP contribution in [-0.2, 0) is 20.1 Å². The second kappa shape index (κ2) is 9.22. The van der Waals surface area contributed by atoms with Gasteiger partial charge >= 0.3 is 5.97 Å². The summed E-state index contributed by atoms with van der Waals surface area (Å²) in [7, 11) is 0.